The first-order chi connectivity index (χ1) is 9.20. The summed E-state index contributed by atoms with van der Waals surface area (Å²) in [6.07, 6.45) is -2.79. The molecule has 2 atom stereocenters. The quantitative estimate of drug-likeness (QED) is 0.921. The van der Waals surface area contributed by atoms with Crippen LogP contribution in [0.5, 0.6) is 5.75 Å². The summed E-state index contributed by atoms with van der Waals surface area (Å²) in [6, 6.07) is 3.50. The van der Waals surface area contributed by atoms with Crippen LogP contribution in [0, 0.1) is 5.41 Å². The van der Waals surface area contributed by atoms with Crippen molar-refractivity contribution in [3.8, 4) is 5.75 Å². The van der Waals surface area contributed by atoms with Crippen LogP contribution in [0.15, 0.2) is 12.1 Å². The minimum Gasteiger partial charge on any atom is -0.482 e. The van der Waals surface area contributed by atoms with Gasteiger partial charge in [0.25, 0.3) is 6.43 Å². The molecule has 1 aliphatic heterocycles. The van der Waals surface area contributed by atoms with Crippen molar-refractivity contribution in [3.63, 3.8) is 0 Å². The molecule has 0 saturated heterocycles. The average Bonchev–Trinajstić information content (AvgIpc) is 2.77. The molecule has 1 aromatic rings. The smallest absolute Gasteiger partial charge is 0.275 e. The van der Waals surface area contributed by atoms with Crippen LogP contribution in [0.4, 0.5) is 8.78 Å². The maximum Gasteiger partial charge on any atom is 0.275 e. The van der Waals surface area contributed by atoms with Gasteiger partial charge in [-0.05, 0) is 23.5 Å². The van der Waals surface area contributed by atoms with Gasteiger partial charge in [-0.1, -0.05) is 38.4 Å². The fourth-order valence-corrected chi connectivity index (χ4v) is 2.48. The summed E-state index contributed by atoms with van der Waals surface area (Å²) in [5.41, 5.74) is 7.87. The lowest BCUT2D eigenvalue weighted by Crippen LogP contribution is -2.37. The Hall–Kier alpha value is -0.870. The molecule has 0 fully saturated rings. The topological polar surface area (TPSA) is 35.2 Å². The van der Waals surface area contributed by atoms with Crippen LogP contribution in [0.3, 0.4) is 0 Å². The van der Waals surface area contributed by atoms with Gasteiger partial charge >= 0.3 is 0 Å². The second kappa shape index (κ2) is 5.49. The molecule has 5 heteroatoms. The van der Waals surface area contributed by atoms with Gasteiger partial charge in [0.15, 0.2) is 6.10 Å². The third-order valence-corrected chi connectivity index (χ3v) is 4.11. The van der Waals surface area contributed by atoms with E-state index >= 15 is 0 Å². The highest BCUT2D eigenvalue weighted by Gasteiger charge is 2.34. The maximum absolute atomic E-state index is 12.8. The van der Waals surface area contributed by atoms with Crippen LogP contribution in [0.1, 0.15) is 31.9 Å². The number of ether oxygens (including phenoxy) is 1. The van der Waals surface area contributed by atoms with E-state index in [1.165, 1.54) is 0 Å². The van der Waals surface area contributed by atoms with E-state index in [0.717, 1.165) is 11.1 Å². The third-order valence-electron chi connectivity index (χ3n) is 3.82. The first-order valence-corrected chi connectivity index (χ1v) is 7.08. The Kier molecular flexibility index (Phi) is 4.26. The zero-order valence-corrected chi connectivity index (χ0v) is 12.7. The number of fused-ring (bicyclic) bond motifs is 1. The molecule has 20 heavy (non-hydrogen) atoms. The number of benzene rings is 1. The predicted molar refractivity (Wildman–Crippen MR) is 76.7 cm³/mol. The zero-order chi connectivity index (χ0) is 15.1. The Bertz CT molecular complexity index is 499. The minimum absolute atomic E-state index is 0.0475. The summed E-state index contributed by atoms with van der Waals surface area (Å²) in [4.78, 5) is 0. The van der Waals surface area contributed by atoms with Crippen LogP contribution >= 0.6 is 11.6 Å². The summed E-state index contributed by atoms with van der Waals surface area (Å²) in [7, 11) is 0. The van der Waals surface area contributed by atoms with E-state index in [0.29, 0.717) is 17.2 Å². The third kappa shape index (κ3) is 3.07. The fraction of sp³-hybridized carbons (Fsp3) is 0.600. The van der Waals surface area contributed by atoms with Gasteiger partial charge in [-0.3, -0.25) is 0 Å². The summed E-state index contributed by atoms with van der Waals surface area (Å²) in [5.74, 6) is 0.399. The number of rotatable bonds is 3. The SMILES string of the molecule is CC(C)(C)C(N)Cc1ccc(Cl)c2c1CC(C(F)F)O2. The molecule has 0 bridgehead atoms. The summed E-state index contributed by atoms with van der Waals surface area (Å²) >= 11 is 6.04. The van der Waals surface area contributed by atoms with Crippen molar-refractivity contribution < 1.29 is 13.5 Å². The highest BCUT2D eigenvalue weighted by Crippen LogP contribution is 2.40. The minimum atomic E-state index is -2.51. The average molecular weight is 304 g/mol. The lowest BCUT2D eigenvalue weighted by Gasteiger charge is -2.27. The van der Waals surface area contributed by atoms with Crippen molar-refractivity contribution in [2.24, 2.45) is 11.1 Å². The molecular formula is C15H20ClF2NO. The van der Waals surface area contributed by atoms with E-state index in [1.54, 1.807) is 6.07 Å². The molecule has 0 spiro atoms. The maximum atomic E-state index is 12.8. The molecule has 2 rings (SSSR count). The Labute approximate surface area is 123 Å². The molecular weight excluding hydrogens is 284 g/mol. The van der Waals surface area contributed by atoms with Crippen LogP contribution in [-0.2, 0) is 12.8 Å². The molecule has 1 aromatic carbocycles. The molecule has 0 saturated carbocycles. The molecule has 0 radical (unpaired) electrons. The van der Waals surface area contributed by atoms with Crippen molar-refractivity contribution in [2.45, 2.75) is 52.2 Å². The van der Waals surface area contributed by atoms with Crippen molar-refractivity contribution >= 4 is 11.6 Å². The van der Waals surface area contributed by atoms with Gasteiger partial charge in [0, 0.05) is 18.0 Å². The van der Waals surface area contributed by atoms with Gasteiger partial charge in [0.2, 0.25) is 0 Å². The molecule has 2 nitrogen and oxygen atoms in total. The first kappa shape index (κ1) is 15.5. The second-order valence-corrected chi connectivity index (χ2v) is 6.79. The molecule has 1 heterocycles. The molecule has 0 aromatic heterocycles. The standard InChI is InChI=1S/C15H20ClF2NO/c1-15(2,3)12(19)6-8-4-5-10(16)13-9(8)7-11(20-13)14(17)18/h4-5,11-12,14H,6-7,19H2,1-3H3. The fourth-order valence-electron chi connectivity index (χ4n) is 2.26. The number of halogens is 3. The van der Waals surface area contributed by atoms with E-state index in [-0.39, 0.29) is 17.9 Å². The summed E-state index contributed by atoms with van der Waals surface area (Å²) < 4.78 is 30.9. The molecule has 112 valence electrons. The van der Waals surface area contributed by atoms with Crippen LogP contribution in [0.25, 0.3) is 0 Å². The van der Waals surface area contributed by atoms with Crippen molar-refractivity contribution in [1.29, 1.82) is 0 Å². The van der Waals surface area contributed by atoms with Crippen molar-refractivity contribution in [3.05, 3.63) is 28.3 Å². The highest BCUT2D eigenvalue weighted by atomic mass is 35.5. The number of hydrogen-bond donors (Lipinski definition) is 1. The lowest BCUT2D eigenvalue weighted by atomic mass is 9.82. The van der Waals surface area contributed by atoms with Gasteiger partial charge < -0.3 is 10.5 Å². The number of alkyl halides is 2. The molecule has 0 amide bonds. The van der Waals surface area contributed by atoms with Crippen LogP contribution in [-0.4, -0.2) is 18.6 Å². The molecule has 0 aliphatic carbocycles. The molecule has 2 N–H and O–H groups in total. The van der Waals surface area contributed by atoms with E-state index in [1.807, 2.05) is 6.07 Å². The normalized spacial score (nSPS) is 19.9. The summed E-state index contributed by atoms with van der Waals surface area (Å²) in [6.45, 7) is 6.19. The monoisotopic (exact) mass is 303 g/mol. The van der Waals surface area contributed by atoms with Gasteiger partial charge in [-0.25, -0.2) is 8.78 Å². The van der Waals surface area contributed by atoms with E-state index in [9.17, 15) is 8.78 Å². The Morgan fingerprint density at radius 3 is 2.60 bits per heavy atom. The summed E-state index contributed by atoms with van der Waals surface area (Å²) in [5, 5.41) is 0.385. The van der Waals surface area contributed by atoms with Gasteiger partial charge in [-0.15, -0.1) is 0 Å². The number of nitrogens with two attached hydrogens (primary N) is 1. The van der Waals surface area contributed by atoms with Crippen LogP contribution in [0.2, 0.25) is 5.02 Å². The molecule has 1 aliphatic rings. The van der Waals surface area contributed by atoms with Crippen molar-refractivity contribution in [2.75, 3.05) is 0 Å². The Balaban J connectivity index is 2.28. The van der Waals surface area contributed by atoms with Gasteiger partial charge in [0.05, 0.1) is 5.02 Å². The highest BCUT2D eigenvalue weighted by molar-refractivity contribution is 6.32. The Morgan fingerprint density at radius 1 is 1.40 bits per heavy atom. The van der Waals surface area contributed by atoms with Gasteiger partial charge in [-0.2, -0.15) is 0 Å². The second-order valence-electron chi connectivity index (χ2n) is 6.39. The number of hydrogen-bond acceptors (Lipinski definition) is 2. The van der Waals surface area contributed by atoms with E-state index in [4.69, 9.17) is 22.1 Å². The largest absolute Gasteiger partial charge is 0.482 e. The molecule has 2 unspecified atom stereocenters. The van der Waals surface area contributed by atoms with E-state index < -0.39 is 12.5 Å². The lowest BCUT2D eigenvalue weighted by molar-refractivity contribution is 0.0246. The zero-order valence-electron chi connectivity index (χ0n) is 11.9. The van der Waals surface area contributed by atoms with Gasteiger partial charge in [0.1, 0.15) is 5.75 Å². The Morgan fingerprint density at radius 2 is 2.05 bits per heavy atom. The predicted octanol–water partition coefficient (Wildman–Crippen LogP) is 3.82. The first-order valence-electron chi connectivity index (χ1n) is 6.70. The van der Waals surface area contributed by atoms with Crippen LogP contribution < -0.4 is 10.5 Å². The van der Waals surface area contributed by atoms with Crippen molar-refractivity contribution in [1.82, 2.24) is 0 Å². The van der Waals surface area contributed by atoms with E-state index in [2.05, 4.69) is 20.8 Å².